The summed E-state index contributed by atoms with van der Waals surface area (Å²) in [5.74, 6) is 0.895. The molecule has 1 saturated heterocycles. The number of fused-ring (bicyclic) bond motifs is 1. The van der Waals surface area contributed by atoms with Crippen LogP contribution in [0.2, 0.25) is 0 Å². The van der Waals surface area contributed by atoms with E-state index in [2.05, 4.69) is 32.2 Å². The number of halogens is 1. The number of carbonyl (C=O) groups excluding carboxylic acids is 1. The van der Waals surface area contributed by atoms with Crippen LogP contribution in [-0.4, -0.2) is 41.8 Å². The Morgan fingerprint density at radius 3 is 2.85 bits per heavy atom. The van der Waals surface area contributed by atoms with Gasteiger partial charge in [-0.1, -0.05) is 28.1 Å². The number of pyridine rings is 1. The molecule has 0 aliphatic carbocycles. The fourth-order valence-electron chi connectivity index (χ4n) is 3.20. The summed E-state index contributed by atoms with van der Waals surface area (Å²) in [4.78, 5) is 19.4. The molecule has 1 amide bonds. The molecule has 0 radical (unpaired) electrons. The van der Waals surface area contributed by atoms with Crippen molar-refractivity contribution in [1.82, 2.24) is 14.9 Å². The average Bonchev–Trinajstić information content (AvgIpc) is 3.09. The Kier molecular flexibility index (Phi) is 5.40. The van der Waals surface area contributed by atoms with Crippen LogP contribution in [0.15, 0.2) is 53.1 Å². The zero-order valence-corrected chi connectivity index (χ0v) is 16.5. The Balaban J connectivity index is 1.45. The fraction of sp³-hybridized carbons (Fsp3) is 0.300. The highest BCUT2D eigenvalue weighted by atomic mass is 79.9. The number of aromatic nitrogens is 2. The first-order valence-electron chi connectivity index (χ1n) is 8.99. The van der Waals surface area contributed by atoms with Crippen LogP contribution in [0.4, 0.5) is 5.82 Å². The molecule has 1 aliphatic heterocycles. The van der Waals surface area contributed by atoms with Gasteiger partial charge in [-0.25, -0.2) is 4.98 Å². The van der Waals surface area contributed by atoms with Gasteiger partial charge < -0.3 is 19.5 Å². The molecule has 3 heterocycles. The summed E-state index contributed by atoms with van der Waals surface area (Å²) < 4.78 is 8.31. The van der Waals surface area contributed by atoms with Crippen LogP contribution in [0, 0.1) is 0 Å². The molecule has 0 saturated carbocycles. The monoisotopic (exact) mass is 428 g/mol. The molecule has 0 unspecified atom stereocenters. The maximum atomic E-state index is 12.4. The van der Waals surface area contributed by atoms with Crippen LogP contribution in [-0.2, 0) is 22.6 Å². The van der Waals surface area contributed by atoms with E-state index < -0.39 is 0 Å². The number of amides is 1. The van der Waals surface area contributed by atoms with Gasteiger partial charge >= 0.3 is 0 Å². The van der Waals surface area contributed by atoms with Gasteiger partial charge in [0.15, 0.2) is 0 Å². The fourth-order valence-corrected chi connectivity index (χ4v) is 3.65. The van der Waals surface area contributed by atoms with Gasteiger partial charge in [-0.15, -0.1) is 0 Å². The lowest BCUT2D eigenvalue weighted by Gasteiger charge is -2.27. The van der Waals surface area contributed by atoms with Gasteiger partial charge in [0.2, 0.25) is 5.91 Å². The summed E-state index contributed by atoms with van der Waals surface area (Å²) in [6, 6.07) is 14.0. The van der Waals surface area contributed by atoms with E-state index in [1.54, 1.807) is 0 Å². The summed E-state index contributed by atoms with van der Waals surface area (Å²) in [7, 11) is 0. The molecule has 0 bridgehead atoms. The van der Waals surface area contributed by atoms with E-state index in [4.69, 9.17) is 9.72 Å². The number of hydrogen-bond acceptors (Lipinski definition) is 4. The molecule has 6 nitrogen and oxygen atoms in total. The van der Waals surface area contributed by atoms with E-state index in [-0.39, 0.29) is 12.5 Å². The predicted molar refractivity (Wildman–Crippen MR) is 109 cm³/mol. The minimum absolute atomic E-state index is 0.0361. The van der Waals surface area contributed by atoms with E-state index in [1.165, 1.54) is 0 Å². The Morgan fingerprint density at radius 1 is 1.19 bits per heavy atom. The molecular formula is C20H21BrN4O2. The van der Waals surface area contributed by atoms with Crippen molar-refractivity contribution in [2.24, 2.45) is 0 Å². The normalized spacial score (nSPS) is 14.5. The third kappa shape index (κ3) is 4.31. The van der Waals surface area contributed by atoms with Gasteiger partial charge in [-0.05, 0) is 35.9 Å². The van der Waals surface area contributed by atoms with Gasteiger partial charge in [0.05, 0.1) is 13.2 Å². The van der Waals surface area contributed by atoms with Crippen molar-refractivity contribution in [3.8, 4) is 0 Å². The van der Waals surface area contributed by atoms with E-state index in [0.29, 0.717) is 6.54 Å². The quantitative estimate of drug-likeness (QED) is 0.678. The number of hydrogen-bond donors (Lipinski definition) is 1. The first-order valence-corrected chi connectivity index (χ1v) is 9.78. The van der Waals surface area contributed by atoms with Crippen molar-refractivity contribution in [2.45, 2.75) is 13.1 Å². The molecule has 1 N–H and O–H groups in total. The molecule has 4 rings (SSSR count). The van der Waals surface area contributed by atoms with Crippen molar-refractivity contribution >= 4 is 38.7 Å². The summed E-state index contributed by atoms with van der Waals surface area (Å²) in [5, 5.41) is 4.01. The van der Waals surface area contributed by atoms with Crippen molar-refractivity contribution in [2.75, 3.05) is 31.2 Å². The molecule has 27 heavy (non-hydrogen) atoms. The number of benzene rings is 1. The van der Waals surface area contributed by atoms with Gasteiger partial charge in [0.25, 0.3) is 0 Å². The number of ether oxygens (including phenoxy) is 1. The lowest BCUT2D eigenvalue weighted by atomic mass is 10.2. The highest BCUT2D eigenvalue weighted by Gasteiger charge is 2.14. The second kappa shape index (κ2) is 8.10. The van der Waals surface area contributed by atoms with Crippen LogP contribution in [0.1, 0.15) is 5.56 Å². The van der Waals surface area contributed by atoms with E-state index in [1.807, 2.05) is 47.2 Å². The van der Waals surface area contributed by atoms with Gasteiger partial charge in [0.1, 0.15) is 18.0 Å². The Hall–Kier alpha value is -2.38. The average molecular weight is 429 g/mol. The van der Waals surface area contributed by atoms with Crippen LogP contribution >= 0.6 is 15.9 Å². The van der Waals surface area contributed by atoms with Crippen molar-refractivity contribution < 1.29 is 9.53 Å². The number of morpholine rings is 1. The number of carbonyl (C=O) groups is 1. The summed E-state index contributed by atoms with van der Waals surface area (Å²) in [5.41, 5.74) is 1.89. The topological polar surface area (TPSA) is 59.4 Å². The Morgan fingerprint density at radius 2 is 2.04 bits per heavy atom. The van der Waals surface area contributed by atoms with E-state index in [0.717, 1.165) is 53.2 Å². The van der Waals surface area contributed by atoms with E-state index in [9.17, 15) is 4.79 Å². The summed E-state index contributed by atoms with van der Waals surface area (Å²) >= 11 is 3.45. The molecule has 3 aromatic rings. The molecule has 7 heteroatoms. The molecule has 0 spiro atoms. The summed E-state index contributed by atoms with van der Waals surface area (Å²) in [6.45, 7) is 3.87. The predicted octanol–water partition coefficient (Wildman–Crippen LogP) is 2.95. The SMILES string of the molecule is O=C(Cn1ccc2ccc(N3CCOCC3)nc21)NCc1cccc(Br)c1. The maximum absolute atomic E-state index is 12.4. The molecule has 140 valence electrons. The standard InChI is InChI=1S/C20H21BrN4O2/c21-17-3-1-2-15(12-17)13-22-19(26)14-25-7-6-16-4-5-18(23-20(16)25)24-8-10-27-11-9-24/h1-7,12H,8-11,13-14H2,(H,22,26). The number of nitrogens with one attached hydrogen (secondary N) is 1. The first kappa shape index (κ1) is 18.0. The molecule has 1 fully saturated rings. The summed E-state index contributed by atoms with van der Waals surface area (Å²) in [6.07, 6.45) is 1.92. The number of rotatable bonds is 5. The zero-order valence-electron chi connectivity index (χ0n) is 14.9. The third-order valence-corrected chi connectivity index (χ3v) is 5.12. The smallest absolute Gasteiger partial charge is 0.240 e. The van der Waals surface area contributed by atoms with Gasteiger partial charge in [0, 0.05) is 35.7 Å². The molecule has 1 aromatic carbocycles. The minimum Gasteiger partial charge on any atom is -0.378 e. The highest BCUT2D eigenvalue weighted by Crippen LogP contribution is 2.20. The third-order valence-electron chi connectivity index (χ3n) is 4.62. The van der Waals surface area contributed by atoms with Crippen LogP contribution in [0.3, 0.4) is 0 Å². The molecular weight excluding hydrogens is 408 g/mol. The van der Waals surface area contributed by atoms with Crippen molar-refractivity contribution in [1.29, 1.82) is 0 Å². The maximum Gasteiger partial charge on any atom is 0.240 e. The molecule has 1 aliphatic rings. The minimum atomic E-state index is -0.0361. The van der Waals surface area contributed by atoms with Gasteiger partial charge in [-0.3, -0.25) is 4.79 Å². The second-order valence-electron chi connectivity index (χ2n) is 6.53. The number of anilines is 1. The number of nitrogens with zero attached hydrogens (tertiary/aromatic N) is 3. The largest absolute Gasteiger partial charge is 0.378 e. The van der Waals surface area contributed by atoms with Crippen molar-refractivity contribution in [3.63, 3.8) is 0 Å². The first-order chi connectivity index (χ1) is 13.2. The van der Waals surface area contributed by atoms with Gasteiger partial charge in [-0.2, -0.15) is 0 Å². The van der Waals surface area contributed by atoms with Crippen LogP contribution in [0.5, 0.6) is 0 Å². The molecule has 2 aromatic heterocycles. The lowest BCUT2D eigenvalue weighted by Crippen LogP contribution is -2.36. The highest BCUT2D eigenvalue weighted by molar-refractivity contribution is 9.10. The van der Waals surface area contributed by atoms with Crippen molar-refractivity contribution in [3.05, 3.63) is 58.7 Å². The molecule has 0 atom stereocenters. The zero-order chi connectivity index (χ0) is 18.6. The Labute approximate surface area is 166 Å². The van der Waals surface area contributed by atoms with Crippen LogP contribution < -0.4 is 10.2 Å². The lowest BCUT2D eigenvalue weighted by molar-refractivity contribution is -0.121. The second-order valence-corrected chi connectivity index (χ2v) is 7.45. The van der Waals surface area contributed by atoms with E-state index >= 15 is 0 Å². The Bertz CT molecular complexity index is 950. The van der Waals surface area contributed by atoms with Crippen LogP contribution in [0.25, 0.3) is 11.0 Å².